The lowest BCUT2D eigenvalue weighted by Crippen LogP contribution is -2.42. The summed E-state index contributed by atoms with van der Waals surface area (Å²) in [7, 11) is -0.799. The molecule has 0 heterocycles. The average Bonchev–Trinajstić information content (AvgIpc) is 1.44. The summed E-state index contributed by atoms with van der Waals surface area (Å²) in [5.41, 5.74) is 0. The Bertz CT molecular complexity index is 128. The van der Waals surface area contributed by atoms with Gasteiger partial charge < -0.3 is 0 Å². The van der Waals surface area contributed by atoms with Crippen molar-refractivity contribution in [3.63, 3.8) is 0 Å². The third kappa shape index (κ3) is 3.84. The Kier molecular flexibility index (Phi) is 3.47. The van der Waals surface area contributed by atoms with Crippen LogP contribution in [0.15, 0.2) is 0 Å². The molecule has 0 amide bonds. The maximum absolute atomic E-state index is 2.42. The minimum absolute atomic E-state index is 0.524. The Morgan fingerprint density at radius 1 is 0.462 bits per heavy atom. The van der Waals surface area contributed by atoms with Crippen LogP contribution in [0.3, 0.4) is 0 Å². The van der Waals surface area contributed by atoms with Gasteiger partial charge >= 0.3 is 0 Å². The van der Waals surface area contributed by atoms with Crippen LogP contribution in [0.4, 0.5) is 0 Å². The quantitative estimate of drug-likeness (QED) is 0.501. The lowest BCUT2D eigenvalue weighted by molar-refractivity contribution is 0.568. The molecule has 0 saturated carbocycles. The summed E-state index contributed by atoms with van der Waals surface area (Å²) in [5.74, 6) is 0. The largest absolute Gasteiger partial charge is 0.0628 e. The van der Waals surface area contributed by atoms with Crippen LogP contribution in [-0.2, 0) is 0 Å². The highest BCUT2D eigenvalue weighted by Gasteiger charge is 2.43. The molecule has 13 heavy (non-hydrogen) atoms. The molecule has 0 saturated heterocycles. The average molecular weight is 200 g/mol. The zero-order valence-electron chi connectivity index (χ0n) is 11.1. The van der Waals surface area contributed by atoms with Crippen LogP contribution in [0.1, 0.15) is 62.3 Å². The highest BCUT2D eigenvalue weighted by atomic mass is 28.3. The summed E-state index contributed by atoms with van der Waals surface area (Å²) in [6.45, 7) is 21.8. The summed E-state index contributed by atoms with van der Waals surface area (Å²) in [6, 6.07) is 0. The lowest BCUT2D eigenvalue weighted by Gasteiger charge is -2.47. The minimum Gasteiger partial charge on any atom is -0.0628 e. The molecule has 0 aliphatic carbocycles. The topological polar surface area (TPSA) is 0 Å². The first-order chi connectivity index (χ1) is 5.37. The van der Waals surface area contributed by atoms with Gasteiger partial charge in [-0.1, -0.05) is 62.3 Å². The first kappa shape index (κ1) is 13.2. The van der Waals surface area contributed by atoms with Crippen molar-refractivity contribution >= 4 is 8.80 Å². The molecule has 0 radical (unpaired) electrons. The normalized spacial score (nSPS) is 15.2. The zero-order valence-corrected chi connectivity index (χ0v) is 12.2. The van der Waals surface area contributed by atoms with Gasteiger partial charge in [-0.25, -0.2) is 0 Å². The van der Waals surface area contributed by atoms with Gasteiger partial charge in [-0.15, -0.1) is 0 Å². The molecule has 1 heteroatoms. The van der Waals surface area contributed by atoms with Crippen LogP contribution in [0.2, 0.25) is 15.1 Å². The number of hydrogen-bond donors (Lipinski definition) is 0. The van der Waals surface area contributed by atoms with Crippen molar-refractivity contribution < 1.29 is 0 Å². The van der Waals surface area contributed by atoms with Crippen molar-refractivity contribution in [3.05, 3.63) is 0 Å². The van der Waals surface area contributed by atoms with Crippen LogP contribution < -0.4 is 0 Å². The molecular weight excluding hydrogens is 172 g/mol. The van der Waals surface area contributed by atoms with Crippen molar-refractivity contribution in [3.8, 4) is 0 Å². The summed E-state index contributed by atoms with van der Waals surface area (Å²) in [6.07, 6.45) is 0. The fourth-order valence-electron chi connectivity index (χ4n) is 3.90. The molecule has 0 aromatic heterocycles. The Labute approximate surface area is 86.7 Å². The maximum atomic E-state index is 2.42. The van der Waals surface area contributed by atoms with Gasteiger partial charge in [0.05, 0.1) is 8.80 Å². The summed E-state index contributed by atoms with van der Waals surface area (Å²) in [5, 5.41) is 1.57. The summed E-state index contributed by atoms with van der Waals surface area (Å²) in [4.78, 5) is 0. The molecule has 0 aliphatic rings. The third-order valence-electron chi connectivity index (χ3n) is 2.60. The molecule has 0 nitrogen and oxygen atoms in total. The van der Waals surface area contributed by atoms with Gasteiger partial charge in [0.25, 0.3) is 0 Å². The Morgan fingerprint density at radius 3 is 0.615 bits per heavy atom. The van der Waals surface area contributed by atoms with E-state index in [1.807, 2.05) is 0 Å². The second kappa shape index (κ2) is 3.41. The van der Waals surface area contributed by atoms with Gasteiger partial charge in [-0.3, -0.25) is 0 Å². The molecule has 80 valence electrons. The Balaban J connectivity index is 5.02. The monoisotopic (exact) mass is 200 g/mol. The van der Waals surface area contributed by atoms with E-state index in [1.54, 1.807) is 0 Å². The van der Waals surface area contributed by atoms with Crippen molar-refractivity contribution in [1.82, 2.24) is 0 Å². The molecule has 0 fully saturated rings. The SMILES string of the molecule is CC(C)(C)[SiH](C(C)(C)C)C(C)(C)C. The number of hydrogen-bond acceptors (Lipinski definition) is 0. The van der Waals surface area contributed by atoms with Gasteiger partial charge in [-0.05, 0) is 15.1 Å². The van der Waals surface area contributed by atoms with Gasteiger partial charge in [0.2, 0.25) is 0 Å². The fourth-order valence-corrected chi connectivity index (χ4v) is 11.7. The van der Waals surface area contributed by atoms with Gasteiger partial charge in [0.1, 0.15) is 0 Å². The molecular formula is C12H28Si. The van der Waals surface area contributed by atoms with Gasteiger partial charge in [0, 0.05) is 0 Å². The van der Waals surface area contributed by atoms with Crippen molar-refractivity contribution in [2.45, 2.75) is 77.4 Å². The molecule has 0 N–H and O–H groups in total. The van der Waals surface area contributed by atoms with Gasteiger partial charge in [-0.2, -0.15) is 0 Å². The Morgan fingerprint density at radius 2 is 0.615 bits per heavy atom. The number of rotatable bonds is 0. The first-order valence-corrected chi connectivity index (χ1v) is 7.10. The molecule has 0 unspecified atom stereocenters. The van der Waals surface area contributed by atoms with E-state index in [0.29, 0.717) is 15.1 Å². The predicted octanol–water partition coefficient (Wildman–Crippen LogP) is 4.61. The molecule has 0 bridgehead atoms. The highest BCUT2D eigenvalue weighted by Crippen LogP contribution is 2.52. The highest BCUT2D eigenvalue weighted by molar-refractivity contribution is 6.68. The molecule has 0 aliphatic heterocycles. The Hall–Kier alpha value is 0.217. The van der Waals surface area contributed by atoms with Crippen LogP contribution >= 0.6 is 0 Å². The zero-order chi connectivity index (χ0) is 11.1. The second-order valence-electron chi connectivity index (χ2n) is 7.53. The van der Waals surface area contributed by atoms with Crippen LogP contribution in [-0.4, -0.2) is 8.80 Å². The summed E-state index contributed by atoms with van der Waals surface area (Å²) < 4.78 is 0. The van der Waals surface area contributed by atoms with E-state index in [1.165, 1.54) is 0 Å². The van der Waals surface area contributed by atoms with E-state index in [9.17, 15) is 0 Å². The van der Waals surface area contributed by atoms with Crippen LogP contribution in [0.5, 0.6) is 0 Å². The fraction of sp³-hybridized carbons (Fsp3) is 1.00. The van der Waals surface area contributed by atoms with E-state index < -0.39 is 8.80 Å². The third-order valence-corrected chi connectivity index (χ3v) is 7.79. The van der Waals surface area contributed by atoms with E-state index in [-0.39, 0.29) is 0 Å². The maximum Gasteiger partial charge on any atom is 0.0532 e. The van der Waals surface area contributed by atoms with Crippen LogP contribution in [0, 0.1) is 0 Å². The van der Waals surface area contributed by atoms with E-state index in [2.05, 4.69) is 62.3 Å². The van der Waals surface area contributed by atoms with E-state index >= 15 is 0 Å². The lowest BCUT2D eigenvalue weighted by atomic mass is 10.2. The van der Waals surface area contributed by atoms with Crippen molar-refractivity contribution in [1.29, 1.82) is 0 Å². The molecule has 0 aromatic rings. The second-order valence-corrected chi connectivity index (χ2v) is 13.6. The molecule has 0 rings (SSSR count). The van der Waals surface area contributed by atoms with E-state index in [4.69, 9.17) is 0 Å². The first-order valence-electron chi connectivity index (χ1n) is 5.37. The van der Waals surface area contributed by atoms with Crippen molar-refractivity contribution in [2.24, 2.45) is 0 Å². The standard InChI is InChI=1S/C12H28Si/c1-10(2,3)13(11(4,5)6)12(7,8)9/h13H,1-9H3. The predicted molar refractivity (Wildman–Crippen MR) is 66.3 cm³/mol. The van der Waals surface area contributed by atoms with Crippen molar-refractivity contribution in [2.75, 3.05) is 0 Å². The minimum atomic E-state index is -0.799. The molecule has 0 aromatic carbocycles. The van der Waals surface area contributed by atoms with E-state index in [0.717, 1.165) is 0 Å². The molecule has 0 atom stereocenters. The smallest absolute Gasteiger partial charge is 0.0532 e. The van der Waals surface area contributed by atoms with Crippen LogP contribution in [0.25, 0.3) is 0 Å². The molecule has 0 spiro atoms. The summed E-state index contributed by atoms with van der Waals surface area (Å²) >= 11 is 0. The van der Waals surface area contributed by atoms with Gasteiger partial charge in [0.15, 0.2) is 0 Å².